The fourth-order valence-corrected chi connectivity index (χ4v) is 5.45. The Morgan fingerprint density at radius 2 is 1.87 bits per heavy atom. The molecule has 1 aliphatic carbocycles. The van der Waals surface area contributed by atoms with Gasteiger partial charge in [0.15, 0.2) is 17.8 Å². The number of carbonyl (C=O) groups is 4. The van der Waals surface area contributed by atoms with E-state index < -0.39 is 28.3 Å². The van der Waals surface area contributed by atoms with Gasteiger partial charge in [-0.1, -0.05) is 37.5 Å². The molecule has 2 fully saturated rings. The van der Waals surface area contributed by atoms with Gasteiger partial charge in [-0.3, -0.25) is 29.3 Å². The van der Waals surface area contributed by atoms with Gasteiger partial charge in [-0.2, -0.15) is 0 Å². The molecule has 0 spiro atoms. The minimum Gasteiger partial charge on any atom is -0.451 e. The lowest BCUT2D eigenvalue weighted by Gasteiger charge is -2.39. The second-order valence-corrected chi connectivity index (χ2v) is 10.1. The number of para-hydroxylation sites is 1. The van der Waals surface area contributed by atoms with Crippen molar-refractivity contribution in [3.8, 4) is 0 Å². The van der Waals surface area contributed by atoms with Gasteiger partial charge in [0.25, 0.3) is 11.6 Å². The molecule has 39 heavy (non-hydrogen) atoms. The van der Waals surface area contributed by atoms with E-state index in [0.29, 0.717) is 36.9 Å². The fourth-order valence-electron chi connectivity index (χ4n) is 5.45. The number of ketones is 1. The number of nitro groups is 1. The predicted molar refractivity (Wildman–Crippen MR) is 142 cm³/mol. The highest BCUT2D eigenvalue weighted by Crippen LogP contribution is 2.31. The van der Waals surface area contributed by atoms with Crippen LogP contribution in [0.25, 0.3) is 11.0 Å². The number of aldehydes is 1. The molecule has 2 aliphatic rings. The Morgan fingerprint density at radius 1 is 1.10 bits per heavy atom. The summed E-state index contributed by atoms with van der Waals surface area (Å²) in [5.74, 6) is -1.02. The summed E-state index contributed by atoms with van der Waals surface area (Å²) < 4.78 is 5.69. The highest BCUT2D eigenvalue weighted by molar-refractivity contribution is 6.01. The molecule has 11 nitrogen and oxygen atoms in total. The molecule has 1 aromatic heterocycles. The van der Waals surface area contributed by atoms with Crippen molar-refractivity contribution in [1.82, 2.24) is 10.6 Å². The first-order chi connectivity index (χ1) is 18.8. The van der Waals surface area contributed by atoms with Gasteiger partial charge in [0.05, 0.1) is 17.5 Å². The number of furan rings is 1. The van der Waals surface area contributed by atoms with E-state index in [2.05, 4.69) is 10.6 Å². The molecule has 1 aliphatic heterocycles. The molecule has 2 amide bonds. The van der Waals surface area contributed by atoms with Crippen molar-refractivity contribution in [2.24, 2.45) is 0 Å². The summed E-state index contributed by atoms with van der Waals surface area (Å²) in [6, 6.07) is 12.1. The highest BCUT2D eigenvalue weighted by Gasteiger charge is 2.43. The first kappa shape index (κ1) is 26.1. The van der Waals surface area contributed by atoms with E-state index >= 15 is 0 Å². The molecular formula is C28H28N4O7. The summed E-state index contributed by atoms with van der Waals surface area (Å²) in [5, 5.41) is 17.6. The van der Waals surface area contributed by atoms with Crippen molar-refractivity contribution in [3.63, 3.8) is 0 Å². The number of non-ortho nitro benzene ring substituents is 1. The number of Topliss-reactive ketones (excluding diaryl/α,β-unsaturated/α-hetero) is 1. The molecule has 0 radical (unpaired) electrons. The third-order valence-electron chi connectivity index (χ3n) is 7.56. The number of piperidine rings is 1. The molecule has 0 bridgehead atoms. The van der Waals surface area contributed by atoms with Crippen molar-refractivity contribution >= 4 is 46.2 Å². The SMILES string of the molecule is O=Cc1cc([N+](=O)[O-])ccc1N1CCC(NC(=O)C2(NC(=O)c3cc4ccccc4o3)CCCCC2)C(=O)C1. The standard InChI is InChI=1S/C28H28N4O7/c33-17-19-14-20(32(37)38)8-9-22(19)31-13-10-21(23(34)16-31)29-27(36)28(11-4-1-5-12-28)30-26(35)25-15-18-6-2-3-7-24(18)39-25/h2-3,6-9,14-15,17,21H,1,4-5,10-13,16H2,(H,29,36)(H,30,35). The van der Waals surface area contributed by atoms with E-state index in [1.165, 1.54) is 18.2 Å². The minimum absolute atomic E-state index is 0.0675. The first-order valence-electron chi connectivity index (χ1n) is 12.9. The third kappa shape index (κ3) is 5.25. The Bertz CT molecular complexity index is 1420. The van der Waals surface area contributed by atoms with Gasteiger partial charge in [0.1, 0.15) is 11.1 Å². The summed E-state index contributed by atoms with van der Waals surface area (Å²) in [6.45, 7) is 0.287. The molecule has 5 rings (SSSR count). The predicted octanol–water partition coefficient (Wildman–Crippen LogP) is 3.55. The summed E-state index contributed by atoms with van der Waals surface area (Å²) in [4.78, 5) is 63.5. The van der Waals surface area contributed by atoms with Crippen LogP contribution in [0.4, 0.5) is 11.4 Å². The van der Waals surface area contributed by atoms with Gasteiger partial charge in [-0.05, 0) is 37.5 Å². The number of fused-ring (bicyclic) bond motifs is 1. The van der Waals surface area contributed by atoms with Crippen LogP contribution in [-0.4, -0.2) is 53.5 Å². The van der Waals surface area contributed by atoms with Gasteiger partial charge >= 0.3 is 0 Å². The van der Waals surface area contributed by atoms with Crippen molar-refractivity contribution in [3.05, 3.63) is 70.0 Å². The number of rotatable bonds is 7. The topological polar surface area (TPSA) is 152 Å². The number of benzene rings is 2. The lowest BCUT2D eigenvalue weighted by molar-refractivity contribution is -0.384. The maximum atomic E-state index is 13.6. The summed E-state index contributed by atoms with van der Waals surface area (Å²) >= 11 is 0. The number of anilines is 1. The number of amides is 2. The number of nitrogens with zero attached hydrogens (tertiary/aromatic N) is 2. The number of carbonyl (C=O) groups excluding carboxylic acids is 4. The van der Waals surface area contributed by atoms with Gasteiger partial charge in [-0.15, -0.1) is 0 Å². The number of nitrogens with one attached hydrogen (secondary N) is 2. The Kier molecular flexibility index (Phi) is 7.14. The van der Waals surface area contributed by atoms with Gasteiger partial charge in [-0.25, -0.2) is 0 Å². The number of hydrogen-bond donors (Lipinski definition) is 2. The average Bonchev–Trinajstić information content (AvgIpc) is 3.39. The summed E-state index contributed by atoms with van der Waals surface area (Å²) in [7, 11) is 0. The maximum absolute atomic E-state index is 13.6. The molecule has 1 saturated carbocycles. The zero-order valence-electron chi connectivity index (χ0n) is 21.2. The molecule has 11 heteroatoms. The van der Waals surface area contributed by atoms with E-state index in [0.717, 1.165) is 24.6 Å². The Morgan fingerprint density at radius 3 is 2.56 bits per heavy atom. The molecule has 202 valence electrons. The zero-order valence-corrected chi connectivity index (χ0v) is 21.2. The van der Waals surface area contributed by atoms with E-state index in [-0.39, 0.29) is 35.8 Å². The quantitative estimate of drug-likeness (QED) is 0.266. The Hall–Kier alpha value is -4.54. The highest BCUT2D eigenvalue weighted by atomic mass is 16.6. The molecule has 2 N–H and O–H groups in total. The van der Waals surface area contributed by atoms with E-state index in [9.17, 15) is 29.3 Å². The zero-order chi connectivity index (χ0) is 27.6. The fraction of sp³-hybridized carbons (Fsp3) is 0.357. The number of hydrogen-bond acceptors (Lipinski definition) is 8. The maximum Gasteiger partial charge on any atom is 0.287 e. The van der Waals surface area contributed by atoms with Crippen LogP contribution in [-0.2, 0) is 9.59 Å². The van der Waals surface area contributed by atoms with Crippen LogP contribution in [0.2, 0.25) is 0 Å². The molecule has 3 aromatic rings. The van der Waals surface area contributed by atoms with Crippen LogP contribution in [0.1, 0.15) is 59.4 Å². The average molecular weight is 533 g/mol. The lowest BCUT2D eigenvalue weighted by Crippen LogP contribution is -2.63. The second kappa shape index (κ2) is 10.7. The van der Waals surface area contributed by atoms with Crippen molar-refractivity contribution in [2.75, 3.05) is 18.0 Å². The lowest BCUT2D eigenvalue weighted by atomic mass is 9.80. The molecular weight excluding hydrogens is 504 g/mol. The van der Waals surface area contributed by atoms with E-state index in [1.807, 2.05) is 18.2 Å². The molecule has 1 atom stereocenters. The molecule has 1 unspecified atom stereocenters. The van der Waals surface area contributed by atoms with E-state index in [1.54, 1.807) is 17.0 Å². The Labute approximate surface area is 223 Å². The first-order valence-corrected chi connectivity index (χ1v) is 12.9. The van der Waals surface area contributed by atoms with Crippen LogP contribution < -0.4 is 15.5 Å². The van der Waals surface area contributed by atoms with Crippen LogP contribution in [0.15, 0.2) is 52.9 Å². The van der Waals surface area contributed by atoms with Crippen molar-refractivity contribution < 1.29 is 28.5 Å². The molecule has 2 aromatic carbocycles. The summed E-state index contributed by atoms with van der Waals surface area (Å²) in [6.07, 6.45) is 4.17. The normalized spacial score (nSPS) is 18.9. The Balaban J connectivity index is 1.28. The third-order valence-corrected chi connectivity index (χ3v) is 7.56. The molecule has 2 heterocycles. The van der Waals surface area contributed by atoms with Crippen LogP contribution >= 0.6 is 0 Å². The monoisotopic (exact) mass is 532 g/mol. The molecule has 1 saturated heterocycles. The number of nitro benzene ring substituents is 1. The van der Waals surface area contributed by atoms with Crippen LogP contribution in [0, 0.1) is 10.1 Å². The largest absolute Gasteiger partial charge is 0.451 e. The van der Waals surface area contributed by atoms with Crippen LogP contribution in [0.3, 0.4) is 0 Å². The van der Waals surface area contributed by atoms with Gasteiger partial charge in [0, 0.05) is 35.3 Å². The van der Waals surface area contributed by atoms with Crippen molar-refractivity contribution in [2.45, 2.75) is 50.1 Å². The smallest absolute Gasteiger partial charge is 0.287 e. The minimum atomic E-state index is -1.16. The van der Waals surface area contributed by atoms with E-state index in [4.69, 9.17) is 4.42 Å². The second-order valence-electron chi connectivity index (χ2n) is 10.1. The van der Waals surface area contributed by atoms with Gasteiger partial charge < -0.3 is 20.0 Å². The van der Waals surface area contributed by atoms with Crippen LogP contribution in [0.5, 0.6) is 0 Å². The summed E-state index contributed by atoms with van der Waals surface area (Å²) in [5.41, 5.74) is -0.247. The van der Waals surface area contributed by atoms with Crippen molar-refractivity contribution in [1.29, 1.82) is 0 Å². The van der Waals surface area contributed by atoms with Gasteiger partial charge in [0.2, 0.25) is 5.91 Å².